The molecule has 0 bridgehead atoms. The van der Waals surface area contributed by atoms with Gasteiger partial charge in [-0.05, 0) is 6.07 Å². The standard InChI is InChI=1S/C12H12N6/c1-17-12(13)6-10(16-17)9-4-2-3-5-11(9)18-8-14-7-15-18/h2-8H,13H2,1H3. The van der Waals surface area contributed by atoms with Crippen molar-refractivity contribution in [3.8, 4) is 16.9 Å². The predicted molar refractivity (Wildman–Crippen MR) is 68.0 cm³/mol. The molecule has 1 aromatic carbocycles. The van der Waals surface area contributed by atoms with Crippen LogP contribution in [0.4, 0.5) is 5.82 Å². The zero-order valence-corrected chi connectivity index (χ0v) is 9.85. The molecule has 0 amide bonds. The minimum atomic E-state index is 0.624. The van der Waals surface area contributed by atoms with Gasteiger partial charge in [0.2, 0.25) is 0 Å². The molecule has 6 nitrogen and oxygen atoms in total. The van der Waals surface area contributed by atoms with Gasteiger partial charge in [-0.1, -0.05) is 18.2 Å². The van der Waals surface area contributed by atoms with Crippen LogP contribution in [0, 0.1) is 0 Å². The van der Waals surface area contributed by atoms with Crippen LogP contribution >= 0.6 is 0 Å². The Morgan fingerprint density at radius 1 is 1.22 bits per heavy atom. The number of aromatic nitrogens is 5. The highest BCUT2D eigenvalue weighted by Gasteiger charge is 2.10. The number of aryl methyl sites for hydroxylation is 1. The van der Waals surface area contributed by atoms with Gasteiger partial charge in [-0.3, -0.25) is 4.68 Å². The molecule has 0 unspecified atom stereocenters. The summed E-state index contributed by atoms with van der Waals surface area (Å²) in [6, 6.07) is 9.71. The SMILES string of the molecule is Cn1nc(-c2ccccc2-n2cncn2)cc1N. The van der Waals surface area contributed by atoms with E-state index < -0.39 is 0 Å². The molecular formula is C12H12N6. The summed E-state index contributed by atoms with van der Waals surface area (Å²) >= 11 is 0. The molecule has 0 fully saturated rings. The van der Waals surface area contributed by atoms with E-state index in [2.05, 4.69) is 15.2 Å². The van der Waals surface area contributed by atoms with Gasteiger partial charge in [-0.2, -0.15) is 10.2 Å². The molecule has 6 heteroatoms. The molecule has 2 N–H and O–H groups in total. The van der Waals surface area contributed by atoms with Crippen LogP contribution in [0.1, 0.15) is 0 Å². The van der Waals surface area contributed by atoms with E-state index in [0.29, 0.717) is 5.82 Å². The highest BCUT2D eigenvalue weighted by molar-refractivity contribution is 5.71. The molecule has 0 aliphatic rings. The first kappa shape index (κ1) is 10.5. The lowest BCUT2D eigenvalue weighted by Gasteiger charge is -2.05. The summed E-state index contributed by atoms with van der Waals surface area (Å²) in [6.45, 7) is 0. The van der Waals surface area contributed by atoms with Gasteiger partial charge < -0.3 is 5.73 Å². The number of nitrogens with two attached hydrogens (primary N) is 1. The van der Waals surface area contributed by atoms with E-state index in [4.69, 9.17) is 5.73 Å². The maximum absolute atomic E-state index is 5.81. The van der Waals surface area contributed by atoms with Gasteiger partial charge in [0.05, 0.1) is 11.4 Å². The van der Waals surface area contributed by atoms with Crippen molar-refractivity contribution in [2.75, 3.05) is 5.73 Å². The first-order valence-corrected chi connectivity index (χ1v) is 5.49. The number of para-hydroxylation sites is 1. The Labute approximate surface area is 104 Å². The first-order chi connectivity index (χ1) is 8.75. The van der Waals surface area contributed by atoms with Crippen molar-refractivity contribution in [3.63, 3.8) is 0 Å². The van der Waals surface area contributed by atoms with Crippen LogP contribution in [0.15, 0.2) is 43.0 Å². The molecule has 0 spiro atoms. The van der Waals surface area contributed by atoms with E-state index >= 15 is 0 Å². The lowest BCUT2D eigenvalue weighted by molar-refractivity contribution is 0.781. The normalized spacial score (nSPS) is 10.7. The van der Waals surface area contributed by atoms with Crippen molar-refractivity contribution >= 4 is 5.82 Å². The number of hydrogen-bond donors (Lipinski definition) is 1. The predicted octanol–water partition coefficient (Wildman–Crippen LogP) is 1.25. The molecule has 0 aliphatic carbocycles. The summed E-state index contributed by atoms with van der Waals surface area (Å²) < 4.78 is 3.35. The van der Waals surface area contributed by atoms with Crippen LogP contribution in [0.5, 0.6) is 0 Å². The second-order valence-electron chi connectivity index (χ2n) is 3.94. The highest BCUT2D eigenvalue weighted by atomic mass is 15.3. The Bertz CT molecular complexity index is 648. The second kappa shape index (κ2) is 3.99. The summed E-state index contributed by atoms with van der Waals surface area (Å²) in [5.41, 5.74) is 8.52. The van der Waals surface area contributed by atoms with Crippen LogP contribution in [-0.4, -0.2) is 24.5 Å². The molecule has 3 rings (SSSR count). The third kappa shape index (κ3) is 1.64. The molecule has 0 radical (unpaired) electrons. The van der Waals surface area contributed by atoms with Crippen molar-refractivity contribution in [2.45, 2.75) is 0 Å². The van der Waals surface area contributed by atoms with Crippen LogP contribution in [0.25, 0.3) is 16.9 Å². The minimum Gasteiger partial charge on any atom is -0.384 e. The number of nitrogen functional groups attached to an aromatic ring is 1. The molecule has 3 aromatic rings. The van der Waals surface area contributed by atoms with E-state index in [9.17, 15) is 0 Å². The Morgan fingerprint density at radius 2 is 2.06 bits per heavy atom. The first-order valence-electron chi connectivity index (χ1n) is 5.49. The topological polar surface area (TPSA) is 74.5 Å². The van der Waals surface area contributed by atoms with E-state index in [0.717, 1.165) is 16.9 Å². The molecule has 18 heavy (non-hydrogen) atoms. The van der Waals surface area contributed by atoms with Crippen molar-refractivity contribution in [1.82, 2.24) is 24.5 Å². The van der Waals surface area contributed by atoms with Gasteiger partial charge in [-0.15, -0.1) is 0 Å². The Morgan fingerprint density at radius 3 is 2.72 bits per heavy atom. The van der Waals surface area contributed by atoms with E-state index in [1.54, 1.807) is 15.7 Å². The van der Waals surface area contributed by atoms with Crippen LogP contribution in [-0.2, 0) is 7.05 Å². The van der Waals surface area contributed by atoms with Crippen molar-refractivity contribution in [1.29, 1.82) is 0 Å². The third-order valence-electron chi connectivity index (χ3n) is 2.76. The Hall–Kier alpha value is -2.63. The average Bonchev–Trinajstić information content (AvgIpc) is 3.01. The fourth-order valence-corrected chi connectivity index (χ4v) is 1.84. The van der Waals surface area contributed by atoms with Gasteiger partial charge in [0.1, 0.15) is 18.5 Å². The highest BCUT2D eigenvalue weighted by Crippen LogP contribution is 2.25. The fourth-order valence-electron chi connectivity index (χ4n) is 1.84. The summed E-state index contributed by atoms with van der Waals surface area (Å²) in [5.74, 6) is 0.624. The van der Waals surface area contributed by atoms with Gasteiger partial charge in [0.15, 0.2) is 0 Å². The van der Waals surface area contributed by atoms with Gasteiger partial charge in [0.25, 0.3) is 0 Å². The Kier molecular flexibility index (Phi) is 2.33. The fraction of sp³-hybridized carbons (Fsp3) is 0.0833. The number of hydrogen-bond acceptors (Lipinski definition) is 4. The minimum absolute atomic E-state index is 0.624. The molecular weight excluding hydrogens is 228 g/mol. The lowest BCUT2D eigenvalue weighted by atomic mass is 10.1. The molecule has 0 saturated carbocycles. The van der Waals surface area contributed by atoms with E-state index in [1.807, 2.05) is 37.4 Å². The van der Waals surface area contributed by atoms with E-state index in [-0.39, 0.29) is 0 Å². The average molecular weight is 240 g/mol. The quantitative estimate of drug-likeness (QED) is 0.731. The summed E-state index contributed by atoms with van der Waals surface area (Å²) in [7, 11) is 1.82. The maximum atomic E-state index is 5.81. The molecule has 2 heterocycles. The third-order valence-corrected chi connectivity index (χ3v) is 2.76. The van der Waals surface area contributed by atoms with Crippen molar-refractivity contribution < 1.29 is 0 Å². The van der Waals surface area contributed by atoms with Gasteiger partial charge in [-0.25, -0.2) is 9.67 Å². The zero-order chi connectivity index (χ0) is 12.5. The van der Waals surface area contributed by atoms with Crippen molar-refractivity contribution in [3.05, 3.63) is 43.0 Å². The summed E-state index contributed by atoms with van der Waals surface area (Å²) in [6.07, 6.45) is 3.16. The summed E-state index contributed by atoms with van der Waals surface area (Å²) in [4.78, 5) is 3.96. The van der Waals surface area contributed by atoms with Crippen molar-refractivity contribution in [2.24, 2.45) is 7.05 Å². The lowest BCUT2D eigenvalue weighted by Crippen LogP contribution is -1.98. The van der Waals surface area contributed by atoms with E-state index in [1.165, 1.54) is 6.33 Å². The van der Waals surface area contributed by atoms with Gasteiger partial charge in [0, 0.05) is 18.7 Å². The molecule has 0 aliphatic heterocycles. The molecule has 90 valence electrons. The van der Waals surface area contributed by atoms with Gasteiger partial charge >= 0.3 is 0 Å². The molecule has 0 atom stereocenters. The number of benzene rings is 1. The maximum Gasteiger partial charge on any atom is 0.138 e. The molecule has 0 saturated heterocycles. The molecule has 2 aromatic heterocycles. The zero-order valence-electron chi connectivity index (χ0n) is 9.85. The monoisotopic (exact) mass is 240 g/mol. The van der Waals surface area contributed by atoms with Crippen LogP contribution in [0.3, 0.4) is 0 Å². The Balaban J connectivity index is 2.18. The smallest absolute Gasteiger partial charge is 0.138 e. The van der Waals surface area contributed by atoms with Crippen LogP contribution < -0.4 is 5.73 Å². The second-order valence-corrected chi connectivity index (χ2v) is 3.94. The largest absolute Gasteiger partial charge is 0.384 e. The number of nitrogens with zero attached hydrogens (tertiary/aromatic N) is 5. The summed E-state index contributed by atoms with van der Waals surface area (Å²) in [5, 5.41) is 8.52. The number of anilines is 1. The number of rotatable bonds is 2. The van der Waals surface area contributed by atoms with Crippen LogP contribution in [0.2, 0.25) is 0 Å².